The van der Waals surface area contributed by atoms with Crippen molar-refractivity contribution in [1.82, 2.24) is 9.97 Å². The third-order valence-electron chi connectivity index (χ3n) is 2.82. The molecule has 1 heterocycles. The molecule has 0 saturated carbocycles. The Hall–Kier alpha value is -2.62. The number of hydrogen-bond donors (Lipinski definition) is 0. The molecule has 0 aliphatic rings. The quantitative estimate of drug-likeness (QED) is 0.658. The number of rotatable bonds is 2. The highest BCUT2D eigenvalue weighted by molar-refractivity contribution is 6.10. The molecule has 0 aliphatic heterocycles. The fourth-order valence-electron chi connectivity index (χ4n) is 1.90. The summed E-state index contributed by atoms with van der Waals surface area (Å²) in [5, 5.41) is 0. The van der Waals surface area contributed by atoms with Crippen LogP contribution >= 0.6 is 0 Å². The molecule has 0 N–H and O–H groups in total. The van der Waals surface area contributed by atoms with Gasteiger partial charge in [-0.1, -0.05) is 12.1 Å². The molecule has 0 atom stereocenters. The number of fused-ring (bicyclic) bond motifs is 1. The Labute approximate surface area is 108 Å². The Morgan fingerprint density at radius 2 is 1.63 bits per heavy atom. The molecule has 0 bridgehead atoms. The molecule has 2 aromatic carbocycles. The van der Waals surface area contributed by atoms with Gasteiger partial charge in [0.25, 0.3) is 0 Å². The van der Waals surface area contributed by atoms with Crippen molar-refractivity contribution in [2.75, 3.05) is 0 Å². The van der Waals surface area contributed by atoms with Crippen molar-refractivity contribution in [2.45, 2.75) is 0 Å². The lowest BCUT2D eigenvalue weighted by molar-refractivity contribution is 0.103. The predicted octanol–water partition coefficient (Wildman–Crippen LogP) is 3.00. The van der Waals surface area contributed by atoms with E-state index in [0.717, 1.165) is 5.52 Å². The van der Waals surface area contributed by atoms with Crippen molar-refractivity contribution < 1.29 is 9.18 Å². The van der Waals surface area contributed by atoms with E-state index in [1.165, 1.54) is 18.2 Å². The summed E-state index contributed by atoms with van der Waals surface area (Å²) in [4.78, 5) is 20.5. The average molecular weight is 252 g/mol. The molecule has 0 spiro atoms. The third kappa shape index (κ3) is 2.20. The Balaban J connectivity index is 2.06. The largest absolute Gasteiger partial charge is 0.289 e. The number of nitrogens with zero attached hydrogens (tertiary/aromatic N) is 2. The minimum absolute atomic E-state index is 0.230. The smallest absolute Gasteiger partial charge is 0.193 e. The van der Waals surface area contributed by atoms with Gasteiger partial charge in [0.1, 0.15) is 5.82 Å². The number of aromatic nitrogens is 2. The summed E-state index contributed by atoms with van der Waals surface area (Å²) in [6.45, 7) is 0. The van der Waals surface area contributed by atoms with Crippen LogP contribution in [0.25, 0.3) is 11.0 Å². The second-order valence-electron chi connectivity index (χ2n) is 4.10. The standard InChI is InChI=1S/C15H9FN2O/c16-12-3-1-2-10(8-12)15(19)11-4-5-13-14(9-11)18-7-6-17-13/h1-9H. The Morgan fingerprint density at radius 1 is 0.895 bits per heavy atom. The van der Waals surface area contributed by atoms with E-state index >= 15 is 0 Å². The number of carbonyl (C=O) groups is 1. The maximum absolute atomic E-state index is 13.1. The number of hydrogen-bond acceptors (Lipinski definition) is 3. The maximum atomic E-state index is 13.1. The van der Waals surface area contributed by atoms with E-state index in [1.54, 1.807) is 36.7 Å². The SMILES string of the molecule is O=C(c1cccc(F)c1)c1ccc2nccnc2c1. The van der Waals surface area contributed by atoms with E-state index in [9.17, 15) is 9.18 Å². The van der Waals surface area contributed by atoms with Crippen molar-refractivity contribution in [3.63, 3.8) is 0 Å². The van der Waals surface area contributed by atoms with Gasteiger partial charge in [0.2, 0.25) is 0 Å². The molecule has 92 valence electrons. The summed E-state index contributed by atoms with van der Waals surface area (Å²) in [5.74, 6) is -0.654. The normalized spacial score (nSPS) is 10.6. The summed E-state index contributed by atoms with van der Waals surface area (Å²) in [7, 11) is 0. The first-order chi connectivity index (χ1) is 9.24. The van der Waals surface area contributed by atoms with Gasteiger partial charge >= 0.3 is 0 Å². The van der Waals surface area contributed by atoms with Crippen LogP contribution in [0.3, 0.4) is 0 Å². The zero-order valence-electron chi connectivity index (χ0n) is 9.88. The first kappa shape index (κ1) is 11.5. The van der Waals surface area contributed by atoms with Crippen LogP contribution < -0.4 is 0 Å². The molecular weight excluding hydrogens is 243 g/mol. The van der Waals surface area contributed by atoms with Gasteiger partial charge in [-0.3, -0.25) is 14.8 Å². The number of carbonyl (C=O) groups excluding carboxylic acids is 1. The first-order valence-electron chi connectivity index (χ1n) is 5.75. The predicted molar refractivity (Wildman–Crippen MR) is 69.4 cm³/mol. The fourth-order valence-corrected chi connectivity index (χ4v) is 1.90. The summed E-state index contributed by atoms with van der Waals surface area (Å²) >= 11 is 0. The number of halogens is 1. The summed E-state index contributed by atoms with van der Waals surface area (Å²) in [6.07, 6.45) is 3.16. The van der Waals surface area contributed by atoms with Gasteiger partial charge < -0.3 is 0 Å². The first-order valence-corrected chi connectivity index (χ1v) is 5.75. The van der Waals surface area contributed by atoms with Gasteiger partial charge in [-0.05, 0) is 30.3 Å². The van der Waals surface area contributed by atoms with Crippen LogP contribution in [0.4, 0.5) is 4.39 Å². The summed E-state index contributed by atoms with van der Waals surface area (Å²) in [5.41, 5.74) is 2.16. The summed E-state index contributed by atoms with van der Waals surface area (Å²) in [6, 6.07) is 10.7. The topological polar surface area (TPSA) is 42.9 Å². The van der Waals surface area contributed by atoms with E-state index in [1.807, 2.05) is 0 Å². The van der Waals surface area contributed by atoms with Crippen molar-refractivity contribution >= 4 is 16.8 Å². The lowest BCUT2D eigenvalue weighted by Crippen LogP contribution is -2.02. The van der Waals surface area contributed by atoms with Crippen molar-refractivity contribution in [2.24, 2.45) is 0 Å². The highest BCUT2D eigenvalue weighted by Crippen LogP contribution is 2.15. The molecule has 0 aliphatic carbocycles. The maximum Gasteiger partial charge on any atom is 0.193 e. The molecule has 19 heavy (non-hydrogen) atoms. The van der Waals surface area contributed by atoms with Crippen molar-refractivity contribution in [3.05, 3.63) is 71.8 Å². The molecule has 0 radical (unpaired) electrons. The molecule has 0 fully saturated rings. The number of benzene rings is 2. The van der Waals surface area contributed by atoms with Gasteiger partial charge in [-0.2, -0.15) is 0 Å². The average Bonchev–Trinajstić information content (AvgIpc) is 2.46. The van der Waals surface area contributed by atoms with Crippen molar-refractivity contribution in [1.29, 1.82) is 0 Å². The van der Waals surface area contributed by atoms with E-state index < -0.39 is 5.82 Å². The van der Waals surface area contributed by atoms with Crippen molar-refractivity contribution in [3.8, 4) is 0 Å². The van der Waals surface area contributed by atoms with Gasteiger partial charge in [0, 0.05) is 23.5 Å². The number of ketones is 1. The molecule has 0 unspecified atom stereocenters. The van der Waals surface area contributed by atoms with E-state index in [2.05, 4.69) is 9.97 Å². The van der Waals surface area contributed by atoms with Gasteiger partial charge in [-0.25, -0.2) is 4.39 Å². The second kappa shape index (κ2) is 4.57. The van der Waals surface area contributed by atoms with Crippen LogP contribution in [0.5, 0.6) is 0 Å². The van der Waals surface area contributed by atoms with Gasteiger partial charge in [0.15, 0.2) is 5.78 Å². The molecule has 1 aromatic heterocycles. The molecule has 3 aromatic rings. The Bertz CT molecular complexity index is 771. The lowest BCUT2D eigenvalue weighted by Gasteiger charge is -2.02. The van der Waals surface area contributed by atoms with E-state index in [4.69, 9.17) is 0 Å². The second-order valence-corrected chi connectivity index (χ2v) is 4.10. The van der Waals surface area contributed by atoms with Gasteiger partial charge in [0.05, 0.1) is 11.0 Å². The van der Waals surface area contributed by atoms with E-state index in [0.29, 0.717) is 16.6 Å². The molecule has 0 amide bonds. The van der Waals surface area contributed by atoms with Crippen LogP contribution in [0.1, 0.15) is 15.9 Å². The molecule has 3 rings (SSSR count). The minimum Gasteiger partial charge on any atom is -0.289 e. The molecule has 0 saturated heterocycles. The minimum atomic E-state index is -0.425. The van der Waals surface area contributed by atoms with Gasteiger partial charge in [-0.15, -0.1) is 0 Å². The van der Waals surface area contributed by atoms with E-state index in [-0.39, 0.29) is 5.78 Å². The van der Waals surface area contributed by atoms with Crippen LogP contribution in [-0.2, 0) is 0 Å². The third-order valence-corrected chi connectivity index (χ3v) is 2.82. The Kier molecular flexibility index (Phi) is 2.76. The molecule has 4 heteroatoms. The lowest BCUT2D eigenvalue weighted by atomic mass is 10.0. The Morgan fingerprint density at radius 3 is 2.42 bits per heavy atom. The highest BCUT2D eigenvalue weighted by atomic mass is 19.1. The molecular formula is C15H9FN2O. The van der Waals surface area contributed by atoms with Crippen LogP contribution in [0, 0.1) is 5.82 Å². The zero-order chi connectivity index (χ0) is 13.2. The van der Waals surface area contributed by atoms with Crippen LogP contribution in [0.15, 0.2) is 54.9 Å². The zero-order valence-corrected chi connectivity index (χ0v) is 9.88. The molecule has 3 nitrogen and oxygen atoms in total. The highest BCUT2D eigenvalue weighted by Gasteiger charge is 2.10. The summed E-state index contributed by atoms with van der Waals surface area (Å²) < 4.78 is 13.1. The fraction of sp³-hybridized carbons (Fsp3) is 0. The monoisotopic (exact) mass is 252 g/mol. The van der Waals surface area contributed by atoms with Crippen LogP contribution in [-0.4, -0.2) is 15.8 Å². The van der Waals surface area contributed by atoms with Crippen LogP contribution in [0.2, 0.25) is 0 Å².